The number of carbonyl (C=O) groups is 1. The molecule has 21 heavy (non-hydrogen) atoms. The molecule has 0 bridgehead atoms. The maximum absolute atomic E-state index is 12.3. The van der Waals surface area contributed by atoms with Crippen molar-refractivity contribution in [2.24, 2.45) is 0 Å². The van der Waals surface area contributed by atoms with Crippen LogP contribution in [0.1, 0.15) is 10.5 Å². The van der Waals surface area contributed by atoms with Crippen LogP contribution in [0.2, 0.25) is 0 Å². The summed E-state index contributed by atoms with van der Waals surface area (Å²) >= 11 is 0. The van der Waals surface area contributed by atoms with Gasteiger partial charge in [0.25, 0.3) is 5.91 Å². The van der Waals surface area contributed by atoms with E-state index in [9.17, 15) is 18.0 Å². The molecular formula is C14H11F3N2O2. The summed E-state index contributed by atoms with van der Waals surface area (Å²) in [6.45, 7) is 0.994. The van der Waals surface area contributed by atoms with Gasteiger partial charge in [-0.2, -0.15) is 0 Å². The molecule has 2 aromatic rings. The maximum Gasteiger partial charge on any atom is 0.573 e. The van der Waals surface area contributed by atoms with Gasteiger partial charge < -0.3 is 14.2 Å². The summed E-state index contributed by atoms with van der Waals surface area (Å²) in [7, 11) is 0. The minimum Gasteiger partial charge on any atom is -0.406 e. The number of alkyl halides is 3. The molecule has 3 rings (SSSR count). The van der Waals surface area contributed by atoms with Gasteiger partial charge >= 0.3 is 6.36 Å². The van der Waals surface area contributed by atoms with Crippen LogP contribution in [0.15, 0.2) is 42.6 Å². The first-order valence-electron chi connectivity index (χ1n) is 6.27. The van der Waals surface area contributed by atoms with Gasteiger partial charge in [0.1, 0.15) is 11.4 Å². The predicted octanol–water partition coefficient (Wildman–Crippen LogP) is 3.05. The SMILES string of the molecule is O=C1c2cccn2CCN1c1cccc(OC(F)(F)F)c1. The predicted molar refractivity (Wildman–Crippen MR) is 69.2 cm³/mol. The summed E-state index contributed by atoms with van der Waals surface area (Å²) < 4.78 is 42.4. The molecule has 0 atom stereocenters. The van der Waals surface area contributed by atoms with Crippen molar-refractivity contribution < 1.29 is 22.7 Å². The van der Waals surface area contributed by atoms with Gasteiger partial charge in [0.05, 0.1) is 0 Å². The van der Waals surface area contributed by atoms with Crippen molar-refractivity contribution in [1.82, 2.24) is 4.57 Å². The molecule has 0 aliphatic carbocycles. The Labute approximate surface area is 118 Å². The first kappa shape index (κ1) is 13.5. The van der Waals surface area contributed by atoms with Gasteiger partial charge in [-0.05, 0) is 24.3 Å². The summed E-state index contributed by atoms with van der Waals surface area (Å²) in [6, 6.07) is 8.87. The standard InChI is InChI=1S/C14H11F3N2O2/c15-14(16,17)21-11-4-1-3-10(9-11)19-8-7-18-6-2-5-12(18)13(19)20/h1-6,9H,7-8H2. The fourth-order valence-electron chi connectivity index (χ4n) is 2.35. The lowest BCUT2D eigenvalue weighted by Crippen LogP contribution is -2.39. The minimum absolute atomic E-state index is 0.240. The van der Waals surface area contributed by atoms with Crippen molar-refractivity contribution in [2.45, 2.75) is 12.9 Å². The Kier molecular flexibility index (Phi) is 3.12. The topological polar surface area (TPSA) is 34.5 Å². The molecule has 0 spiro atoms. The highest BCUT2D eigenvalue weighted by atomic mass is 19.4. The summed E-state index contributed by atoms with van der Waals surface area (Å²) in [6.07, 6.45) is -2.95. The highest BCUT2D eigenvalue weighted by Crippen LogP contribution is 2.28. The van der Waals surface area contributed by atoms with E-state index >= 15 is 0 Å². The number of amides is 1. The monoisotopic (exact) mass is 296 g/mol. The fourth-order valence-corrected chi connectivity index (χ4v) is 2.35. The number of fused-ring (bicyclic) bond motifs is 1. The molecule has 4 nitrogen and oxygen atoms in total. The number of hydrogen-bond acceptors (Lipinski definition) is 2. The van der Waals surface area contributed by atoms with Crippen LogP contribution in [-0.4, -0.2) is 23.4 Å². The van der Waals surface area contributed by atoms with Crippen molar-refractivity contribution in [1.29, 1.82) is 0 Å². The summed E-state index contributed by atoms with van der Waals surface area (Å²) in [5.41, 5.74) is 0.901. The van der Waals surface area contributed by atoms with Gasteiger partial charge in [-0.3, -0.25) is 4.79 Å². The lowest BCUT2D eigenvalue weighted by atomic mass is 10.2. The highest BCUT2D eigenvalue weighted by molar-refractivity contribution is 6.05. The molecule has 1 aromatic heterocycles. The molecule has 7 heteroatoms. The fraction of sp³-hybridized carbons (Fsp3) is 0.214. The number of aromatic nitrogens is 1. The average molecular weight is 296 g/mol. The normalized spacial score (nSPS) is 15.0. The van der Waals surface area contributed by atoms with Gasteiger partial charge in [-0.25, -0.2) is 0 Å². The molecule has 0 radical (unpaired) electrons. The molecule has 0 saturated heterocycles. The molecular weight excluding hydrogens is 285 g/mol. The Morgan fingerprint density at radius 3 is 2.67 bits per heavy atom. The first-order valence-corrected chi connectivity index (χ1v) is 6.27. The third kappa shape index (κ3) is 2.72. The second-order valence-electron chi connectivity index (χ2n) is 4.59. The van der Waals surface area contributed by atoms with Crippen LogP contribution in [0.25, 0.3) is 0 Å². The molecule has 1 aliphatic rings. The van der Waals surface area contributed by atoms with Crippen LogP contribution in [0, 0.1) is 0 Å². The Morgan fingerprint density at radius 2 is 1.90 bits per heavy atom. The molecule has 0 N–H and O–H groups in total. The number of nitrogens with zero attached hydrogens (tertiary/aromatic N) is 2. The summed E-state index contributed by atoms with van der Waals surface area (Å²) in [5, 5.41) is 0. The Balaban J connectivity index is 1.88. The van der Waals surface area contributed by atoms with E-state index < -0.39 is 6.36 Å². The number of rotatable bonds is 2. The van der Waals surface area contributed by atoms with E-state index in [4.69, 9.17) is 0 Å². The average Bonchev–Trinajstić information content (AvgIpc) is 2.86. The van der Waals surface area contributed by atoms with Crippen LogP contribution in [0.5, 0.6) is 5.75 Å². The lowest BCUT2D eigenvalue weighted by molar-refractivity contribution is -0.274. The Bertz CT molecular complexity index is 679. The summed E-state index contributed by atoms with van der Waals surface area (Å²) in [5.74, 6) is -0.579. The van der Waals surface area contributed by atoms with Crippen LogP contribution >= 0.6 is 0 Å². The molecule has 0 fully saturated rings. The van der Waals surface area contributed by atoms with Crippen LogP contribution in [-0.2, 0) is 6.54 Å². The zero-order valence-corrected chi connectivity index (χ0v) is 10.8. The minimum atomic E-state index is -4.75. The van der Waals surface area contributed by atoms with Gasteiger partial charge in [-0.15, -0.1) is 13.2 Å². The second-order valence-corrected chi connectivity index (χ2v) is 4.59. The molecule has 0 unspecified atom stereocenters. The smallest absolute Gasteiger partial charge is 0.406 e. The number of carbonyl (C=O) groups excluding carboxylic acids is 1. The molecule has 110 valence electrons. The van der Waals surface area contributed by atoms with E-state index in [-0.39, 0.29) is 11.7 Å². The second kappa shape index (κ2) is 4.83. The van der Waals surface area contributed by atoms with Crippen molar-refractivity contribution in [3.8, 4) is 5.75 Å². The highest BCUT2D eigenvalue weighted by Gasteiger charge is 2.32. The molecule has 1 amide bonds. The number of halogens is 3. The van der Waals surface area contributed by atoms with Crippen molar-refractivity contribution in [3.63, 3.8) is 0 Å². The zero-order chi connectivity index (χ0) is 15.0. The molecule has 2 heterocycles. The number of ether oxygens (including phenoxy) is 1. The third-order valence-electron chi connectivity index (χ3n) is 3.22. The van der Waals surface area contributed by atoms with E-state index in [1.54, 1.807) is 24.4 Å². The van der Waals surface area contributed by atoms with Gasteiger partial charge in [0.2, 0.25) is 0 Å². The van der Waals surface area contributed by atoms with Crippen molar-refractivity contribution in [2.75, 3.05) is 11.4 Å². The quantitative estimate of drug-likeness (QED) is 0.853. The van der Waals surface area contributed by atoms with Gasteiger partial charge in [0, 0.05) is 31.0 Å². The van der Waals surface area contributed by atoms with E-state index in [1.807, 2.05) is 4.57 Å². The number of anilines is 1. The van der Waals surface area contributed by atoms with E-state index in [1.165, 1.54) is 23.1 Å². The number of hydrogen-bond donors (Lipinski definition) is 0. The van der Waals surface area contributed by atoms with E-state index in [0.29, 0.717) is 24.5 Å². The third-order valence-corrected chi connectivity index (χ3v) is 3.22. The molecule has 1 aromatic carbocycles. The largest absolute Gasteiger partial charge is 0.573 e. The molecule has 0 saturated carbocycles. The summed E-state index contributed by atoms with van der Waals surface area (Å²) in [4.78, 5) is 13.8. The van der Waals surface area contributed by atoms with E-state index in [2.05, 4.69) is 4.74 Å². The van der Waals surface area contributed by atoms with Crippen LogP contribution in [0.3, 0.4) is 0 Å². The van der Waals surface area contributed by atoms with Crippen LogP contribution in [0.4, 0.5) is 18.9 Å². The van der Waals surface area contributed by atoms with Gasteiger partial charge in [-0.1, -0.05) is 6.07 Å². The lowest BCUT2D eigenvalue weighted by Gasteiger charge is -2.28. The van der Waals surface area contributed by atoms with Crippen molar-refractivity contribution in [3.05, 3.63) is 48.3 Å². The van der Waals surface area contributed by atoms with Crippen molar-refractivity contribution >= 4 is 11.6 Å². The Morgan fingerprint density at radius 1 is 1.10 bits per heavy atom. The Hall–Kier alpha value is -2.44. The van der Waals surface area contributed by atoms with E-state index in [0.717, 1.165) is 0 Å². The van der Waals surface area contributed by atoms with Gasteiger partial charge in [0.15, 0.2) is 0 Å². The zero-order valence-electron chi connectivity index (χ0n) is 10.8. The number of benzene rings is 1. The first-order chi connectivity index (χ1) is 9.94. The maximum atomic E-state index is 12.3. The van der Waals surface area contributed by atoms with Crippen LogP contribution < -0.4 is 9.64 Å². The molecule has 1 aliphatic heterocycles.